The van der Waals surface area contributed by atoms with E-state index in [0.717, 1.165) is 11.1 Å². The molecule has 9 heteroatoms. The second-order valence-electron chi connectivity index (χ2n) is 6.56. The van der Waals surface area contributed by atoms with Gasteiger partial charge in [0.2, 0.25) is 5.91 Å². The molecule has 0 saturated heterocycles. The van der Waals surface area contributed by atoms with Gasteiger partial charge in [-0.2, -0.15) is 8.78 Å². The van der Waals surface area contributed by atoms with Crippen LogP contribution in [0.3, 0.4) is 0 Å². The Hall–Kier alpha value is -3.36. The number of amides is 2. The Morgan fingerprint density at radius 2 is 1.74 bits per heavy atom. The highest BCUT2D eigenvalue weighted by molar-refractivity contribution is 5.76. The van der Waals surface area contributed by atoms with E-state index in [1.165, 1.54) is 19.2 Å². The average Bonchev–Trinajstić information content (AvgIpc) is 2.76. The Kier molecular flexibility index (Phi) is 10.1. The van der Waals surface area contributed by atoms with Crippen LogP contribution in [0, 0.1) is 0 Å². The van der Waals surface area contributed by atoms with Gasteiger partial charge in [-0.1, -0.05) is 36.4 Å². The fraction of sp³-hybridized carbons (Fsp3) is 0.364. The summed E-state index contributed by atoms with van der Waals surface area (Å²) < 4.78 is 39.5. The lowest BCUT2D eigenvalue weighted by Gasteiger charge is -2.12. The fourth-order valence-corrected chi connectivity index (χ4v) is 2.71. The highest BCUT2D eigenvalue weighted by Gasteiger charge is 2.11. The van der Waals surface area contributed by atoms with Gasteiger partial charge in [-0.25, -0.2) is 4.79 Å². The highest BCUT2D eigenvalue weighted by atomic mass is 19.3. The quantitative estimate of drug-likeness (QED) is 0.496. The number of carbonyl (C=O) groups excluding carboxylic acids is 2. The topological polar surface area (TPSA) is 85.9 Å². The van der Waals surface area contributed by atoms with E-state index in [-0.39, 0.29) is 30.4 Å². The van der Waals surface area contributed by atoms with Crippen LogP contribution in [0.4, 0.5) is 13.6 Å². The predicted molar refractivity (Wildman–Crippen MR) is 110 cm³/mol. The minimum atomic E-state index is -2.95. The van der Waals surface area contributed by atoms with Gasteiger partial charge in [0.25, 0.3) is 0 Å². The second-order valence-corrected chi connectivity index (χ2v) is 6.56. The molecule has 0 radical (unpaired) electrons. The van der Waals surface area contributed by atoms with Crippen molar-refractivity contribution in [1.82, 2.24) is 10.6 Å². The van der Waals surface area contributed by atoms with E-state index >= 15 is 0 Å². The van der Waals surface area contributed by atoms with Crippen molar-refractivity contribution in [2.75, 3.05) is 20.2 Å². The van der Waals surface area contributed by atoms with Gasteiger partial charge in [-0.15, -0.1) is 0 Å². The Balaban J connectivity index is 1.60. The van der Waals surface area contributed by atoms with Crippen molar-refractivity contribution in [2.24, 2.45) is 0 Å². The number of alkyl carbamates (subject to hydrolysis) is 1. The molecule has 7 nitrogen and oxygen atoms in total. The summed E-state index contributed by atoms with van der Waals surface area (Å²) in [6, 6.07) is 14.0. The molecule has 168 valence electrons. The Morgan fingerprint density at radius 3 is 2.45 bits per heavy atom. The lowest BCUT2D eigenvalue weighted by Crippen LogP contribution is -2.28. The molecule has 2 rings (SSSR count). The van der Waals surface area contributed by atoms with Crippen molar-refractivity contribution in [1.29, 1.82) is 0 Å². The minimum Gasteiger partial charge on any atom is -0.493 e. The van der Waals surface area contributed by atoms with Crippen LogP contribution in [0.1, 0.15) is 24.0 Å². The third kappa shape index (κ3) is 9.33. The van der Waals surface area contributed by atoms with Crippen LogP contribution >= 0.6 is 0 Å². The molecule has 0 fully saturated rings. The number of carbonyl (C=O) groups is 2. The van der Waals surface area contributed by atoms with Gasteiger partial charge in [0.1, 0.15) is 6.61 Å². The van der Waals surface area contributed by atoms with Crippen molar-refractivity contribution in [3.05, 3.63) is 59.7 Å². The van der Waals surface area contributed by atoms with Gasteiger partial charge in [-0.3, -0.25) is 4.79 Å². The minimum absolute atomic E-state index is 0.0495. The molecule has 0 aliphatic heterocycles. The van der Waals surface area contributed by atoms with E-state index in [2.05, 4.69) is 15.4 Å². The van der Waals surface area contributed by atoms with Gasteiger partial charge in [0.15, 0.2) is 11.5 Å². The number of hydrogen-bond acceptors (Lipinski definition) is 5. The highest BCUT2D eigenvalue weighted by Crippen LogP contribution is 2.29. The first-order chi connectivity index (χ1) is 15.0. The summed E-state index contributed by atoms with van der Waals surface area (Å²) in [5.41, 5.74) is 1.61. The van der Waals surface area contributed by atoms with Crippen LogP contribution in [0.15, 0.2) is 48.5 Å². The number of rotatable bonds is 12. The molecule has 0 saturated carbocycles. The maximum atomic E-state index is 12.5. The predicted octanol–water partition coefficient (Wildman–Crippen LogP) is 3.66. The van der Waals surface area contributed by atoms with Crippen molar-refractivity contribution in [3.63, 3.8) is 0 Å². The molecule has 0 heterocycles. The van der Waals surface area contributed by atoms with E-state index in [4.69, 9.17) is 9.47 Å². The van der Waals surface area contributed by atoms with Crippen LogP contribution in [-0.4, -0.2) is 38.8 Å². The molecule has 0 bridgehead atoms. The van der Waals surface area contributed by atoms with Crippen molar-refractivity contribution in [2.45, 2.75) is 32.5 Å². The molecule has 0 aliphatic carbocycles. The van der Waals surface area contributed by atoms with Crippen LogP contribution in [-0.2, 0) is 22.6 Å². The van der Waals surface area contributed by atoms with Gasteiger partial charge in [0, 0.05) is 19.5 Å². The lowest BCUT2D eigenvalue weighted by atomic mass is 10.1. The fourth-order valence-electron chi connectivity index (χ4n) is 2.71. The van der Waals surface area contributed by atoms with E-state index < -0.39 is 12.7 Å². The summed E-state index contributed by atoms with van der Waals surface area (Å²) in [6.45, 7) is -2.12. The summed E-state index contributed by atoms with van der Waals surface area (Å²) in [7, 11) is 1.37. The van der Waals surface area contributed by atoms with E-state index in [9.17, 15) is 18.4 Å². The third-order valence-corrected chi connectivity index (χ3v) is 4.24. The molecule has 31 heavy (non-hydrogen) atoms. The number of halogens is 2. The summed E-state index contributed by atoms with van der Waals surface area (Å²) in [6.07, 6.45) is 0.604. The van der Waals surface area contributed by atoms with E-state index in [0.29, 0.717) is 25.9 Å². The maximum Gasteiger partial charge on any atom is 0.407 e. The largest absolute Gasteiger partial charge is 0.493 e. The first-order valence-corrected chi connectivity index (χ1v) is 9.81. The molecular weight excluding hydrogens is 410 g/mol. The van der Waals surface area contributed by atoms with Crippen LogP contribution in [0.2, 0.25) is 0 Å². The zero-order valence-corrected chi connectivity index (χ0v) is 17.2. The number of ether oxygens (including phenoxy) is 3. The third-order valence-electron chi connectivity index (χ3n) is 4.24. The van der Waals surface area contributed by atoms with Crippen LogP contribution < -0.4 is 20.1 Å². The van der Waals surface area contributed by atoms with Crippen molar-refractivity contribution < 1.29 is 32.6 Å². The Morgan fingerprint density at radius 1 is 0.968 bits per heavy atom. The number of nitrogens with one attached hydrogen (secondary N) is 2. The molecule has 0 aromatic heterocycles. The molecular formula is C22H26F2N2O5. The standard InChI is InChI=1S/C22H26F2N2O5/c1-29-18-10-9-16(14-19(18)31-21(23)24)11-13-25-20(27)8-5-12-26-22(28)30-15-17-6-3-2-4-7-17/h2-4,6-7,9-10,14,21H,5,8,11-13,15H2,1H3,(H,25,27)(H,26,28). The number of benzene rings is 2. The van der Waals surface area contributed by atoms with Crippen LogP contribution in [0.25, 0.3) is 0 Å². The van der Waals surface area contributed by atoms with Gasteiger partial charge in [-0.05, 0) is 36.1 Å². The second kappa shape index (κ2) is 13.0. The van der Waals surface area contributed by atoms with Gasteiger partial charge in [0.05, 0.1) is 7.11 Å². The summed E-state index contributed by atoms with van der Waals surface area (Å²) >= 11 is 0. The number of methoxy groups -OCH3 is 1. The molecule has 2 amide bonds. The molecule has 0 atom stereocenters. The summed E-state index contributed by atoms with van der Waals surface area (Å²) in [5, 5.41) is 5.35. The number of hydrogen-bond donors (Lipinski definition) is 2. The molecule has 2 aromatic carbocycles. The summed E-state index contributed by atoms with van der Waals surface area (Å²) in [5.74, 6) is -0.00792. The van der Waals surface area contributed by atoms with E-state index in [1.807, 2.05) is 30.3 Å². The molecule has 0 spiro atoms. The van der Waals surface area contributed by atoms with Crippen LogP contribution in [0.5, 0.6) is 11.5 Å². The Bertz CT molecular complexity index is 834. The SMILES string of the molecule is COc1ccc(CCNC(=O)CCCNC(=O)OCc2ccccc2)cc1OC(F)F. The molecule has 0 aliphatic rings. The zero-order valence-electron chi connectivity index (χ0n) is 17.2. The van der Waals surface area contributed by atoms with E-state index in [1.54, 1.807) is 6.07 Å². The summed E-state index contributed by atoms with van der Waals surface area (Å²) in [4.78, 5) is 23.5. The van der Waals surface area contributed by atoms with Gasteiger partial charge < -0.3 is 24.8 Å². The normalized spacial score (nSPS) is 10.5. The number of alkyl halides is 2. The first kappa shape index (κ1) is 23.9. The zero-order chi connectivity index (χ0) is 22.5. The average molecular weight is 436 g/mol. The van der Waals surface area contributed by atoms with Crippen molar-refractivity contribution in [3.8, 4) is 11.5 Å². The Labute approximate surface area is 179 Å². The molecule has 2 N–H and O–H groups in total. The maximum absolute atomic E-state index is 12.5. The first-order valence-electron chi connectivity index (χ1n) is 9.81. The smallest absolute Gasteiger partial charge is 0.407 e. The molecule has 2 aromatic rings. The lowest BCUT2D eigenvalue weighted by molar-refractivity contribution is -0.121. The molecule has 0 unspecified atom stereocenters. The monoisotopic (exact) mass is 436 g/mol. The van der Waals surface area contributed by atoms with Crippen molar-refractivity contribution >= 4 is 12.0 Å². The van der Waals surface area contributed by atoms with Gasteiger partial charge >= 0.3 is 12.7 Å².